The number of carboxylic acids is 1. The maximum Gasteiger partial charge on any atom is 0.326 e. The molecule has 1 rings (SSSR count). The van der Waals surface area contributed by atoms with Crippen LogP contribution in [0.4, 0.5) is 0 Å². The minimum atomic E-state index is -1.03. The molecule has 1 unspecified atom stereocenters. The van der Waals surface area contributed by atoms with Crippen molar-refractivity contribution in [2.45, 2.75) is 32.7 Å². The summed E-state index contributed by atoms with van der Waals surface area (Å²) in [5.74, 6) is -1.35. The van der Waals surface area contributed by atoms with Gasteiger partial charge in [-0.15, -0.1) is 0 Å². The van der Waals surface area contributed by atoms with Crippen molar-refractivity contribution in [2.75, 3.05) is 0 Å². The number of nitrogens with one attached hydrogen (secondary N) is 1. The van der Waals surface area contributed by atoms with Crippen LogP contribution in [-0.2, 0) is 16.0 Å². The van der Waals surface area contributed by atoms with Gasteiger partial charge < -0.3 is 10.4 Å². The van der Waals surface area contributed by atoms with Gasteiger partial charge in [0.05, 0.1) is 0 Å². The van der Waals surface area contributed by atoms with Gasteiger partial charge in [-0.1, -0.05) is 43.3 Å². The van der Waals surface area contributed by atoms with Gasteiger partial charge in [0.15, 0.2) is 0 Å². The number of rotatable bonds is 6. The Hall–Kier alpha value is -2.10. The van der Waals surface area contributed by atoms with Gasteiger partial charge in [0.1, 0.15) is 6.04 Å². The van der Waals surface area contributed by atoms with Crippen LogP contribution in [0, 0.1) is 0 Å². The third-order valence-corrected chi connectivity index (χ3v) is 2.75. The van der Waals surface area contributed by atoms with Crippen LogP contribution in [0.2, 0.25) is 0 Å². The molecule has 0 aliphatic heterocycles. The minimum Gasteiger partial charge on any atom is -0.480 e. The van der Waals surface area contributed by atoms with Crippen LogP contribution in [0.25, 0.3) is 0 Å². The summed E-state index contributed by atoms with van der Waals surface area (Å²) < 4.78 is 0. The molecule has 0 aromatic heterocycles. The van der Waals surface area contributed by atoms with E-state index in [2.05, 4.69) is 5.32 Å². The largest absolute Gasteiger partial charge is 0.480 e. The topological polar surface area (TPSA) is 66.4 Å². The summed E-state index contributed by atoms with van der Waals surface area (Å²) in [7, 11) is 0. The summed E-state index contributed by atoms with van der Waals surface area (Å²) in [5.41, 5.74) is 1.43. The summed E-state index contributed by atoms with van der Waals surface area (Å²) in [5, 5.41) is 11.7. The Balaban J connectivity index is 2.72. The van der Waals surface area contributed by atoms with E-state index >= 15 is 0 Å². The van der Waals surface area contributed by atoms with Gasteiger partial charge in [-0.3, -0.25) is 4.79 Å². The highest BCUT2D eigenvalue weighted by atomic mass is 16.4. The number of aliphatic carboxylic acids is 1. The van der Waals surface area contributed by atoms with E-state index in [1.54, 1.807) is 13.0 Å². The first kappa shape index (κ1) is 15.0. The van der Waals surface area contributed by atoms with Gasteiger partial charge in [0.25, 0.3) is 0 Å². The Bertz CT molecular complexity index is 466. The number of hydrogen-bond donors (Lipinski definition) is 2. The van der Waals surface area contributed by atoms with Crippen LogP contribution in [0.5, 0.6) is 0 Å². The predicted octanol–water partition coefficient (Wildman–Crippen LogP) is 2.15. The number of carbonyl (C=O) groups excluding carboxylic acids is 1. The Labute approximate surface area is 113 Å². The standard InChI is InChI=1S/C15H19NO3/c1-3-7-11(2)14(17)16-13(15(18)19)10-12-8-5-4-6-9-12/h4-9,13H,3,10H2,1-2H3,(H,16,17)(H,18,19)/b11-7+. The smallest absolute Gasteiger partial charge is 0.326 e. The zero-order chi connectivity index (χ0) is 14.3. The molecular formula is C15H19NO3. The molecule has 4 nitrogen and oxygen atoms in total. The predicted molar refractivity (Wildman–Crippen MR) is 73.8 cm³/mol. The second kappa shape index (κ2) is 7.36. The van der Waals surface area contributed by atoms with E-state index in [0.29, 0.717) is 5.57 Å². The van der Waals surface area contributed by atoms with Crippen molar-refractivity contribution in [3.8, 4) is 0 Å². The van der Waals surface area contributed by atoms with Crippen LogP contribution in [-0.4, -0.2) is 23.0 Å². The van der Waals surface area contributed by atoms with E-state index in [1.165, 1.54) is 0 Å². The lowest BCUT2D eigenvalue weighted by Gasteiger charge is -2.14. The molecule has 0 aliphatic carbocycles. The first-order valence-corrected chi connectivity index (χ1v) is 6.29. The molecule has 102 valence electrons. The fourth-order valence-electron chi connectivity index (χ4n) is 1.72. The van der Waals surface area contributed by atoms with Crippen LogP contribution in [0.1, 0.15) is 25.8 Å². The molecule has 0 heterocycles. The van der Waals surface area contributed by atoms with E-state index < -0.39 is 12.0 Å². The van der Waals surface area contributed by atoms with Crippen molar-refractivity contribution >= 4 is 11.9 Å². The maximum absolute atomic E-state index is 11.8. The SMILES string of the molecule is CC/C=C(\C)C(=O)NC(Cc1ccccc1)C(=O)O. The van der Waals surface area contributed by atoms with E-state index in [0.717, 1.165) is 12.0 Å². The van der Waals surface area contributed by atoms with Crippen LogP contribution < -0.4 is 5.32 Å². The van der Waals surface area contributed by atoms with Crippen molar-refractivity contribution in [2.24, 2.45) is 0 Å². The average molecular weight is 261 g/mol. The zero-order valence-electron chi connectivity index (χ0n) is 11.2. The lowest BCUT2D eigenvalue weighted by molar-refractivity contribution is -0.141. The molecule has 4 heteroatoms. The van der Waals surface area contributed by atoms with Crippen molar-refractivity contribution in [1.82, 2.24) is 5.32 Å². The number of carboxylic acid groups (broad SMARTS) is 1. The first-order valence-electron chi connectivity index (χ1n) is 6.29. The third kappa shape index (κ3) is 4.95. The van der Waals surface area contributed by atoms with Gasteiger partial charge >= 0.3 is 5.97 Å². The van der Waals surface area contributed by atoms with Crippen molar-refractivity contribution in [1.29, 1.82) is 0 Å². The Kier molecular flexibility index (Phi) is 5.79. The monoisotopic (exact) mass is 261 g/mol. The van der Waals surface area contributed by atoms with Crippen molar-refractivity contribution in [3.63, 3.8) is 0 Å². The van der Waals surface area contributed by atoms with E-state index in [1.807, 2.05) is 37.3 Å². The molecule has 19 heavy (non-hydrogen) atoms. The number of amides is 1. The third-order valence-electron chi connectivity index (χ3n) is 2.75. The average Bonchev–Trinajstić information content (AvgIpc) is 2.39. The maximum atomic E-state index is 11.8. The lowest BCUT2D eigenvalue weighted by Crippen LogP contribution is -2.42. The van der Waals surface area contributed by atoms with E-state index in [-0.39, 0.29) is 12.3 Å². The highest BCUT2D eigenvalue weighted by Crippen LogP contribution is 2.05. The molecule has 1 atom stereocenters. The highest BCUT2D eigenvalue weighted by Gasteiger charge is 2.20. The molecule has 1 aromatic rings. The zero-order valence-corrected chi connectivity index (χ0v) is 11.2. The molecule has 0 spiro atoms. The summed E-state index contributed by atoms with van der Waals surface area (Å²) in [4.78, 5) is 23.0. The molecule has 0 saturated heterocycles. The van der Waals surface area contributed by atoms with Gasteiger partial charge in [-0.25, -0.2) is 4.79 Å². The van der Waals surface area contributed by atoms with Crippen LogP contribution in [0.15, 0.2) is 42.0 Å². The second-order valence-electron chi connectivity index (χ2n) is 4.35. The summed E-state index contributed by atoms with van der Waals surface area (Å²) in [6.45, 7) is 3.61. The summed E-state index contributed by atoms with van der Waals surface area (Å²) in [6, 6.07) is 8.34. The van der Waals surface area contributed by atoms with Gasteiger partial charge in [-0.05, 0) is 18.9 Å². The molecule has 0 saturated carbocycles. The molecule has 0 fully saturated rings. The molecule has 0 bridgehead atoms. The van der Waals surface area contributed by atoms with E-state index in [4.69, 9.17) is 5.11 Å². The molecule has 0 aliphatic rings. The molecule has 0 radical (unpaired) electrons. The highest BCUT2D eigenvalue weighted by molar-refractivity contribution is 5.95. The Morgan fingerprint density at radius 3 is 2.47 bits per heavy atom. The molecule has 1 amide bonds. The fraction of sp³-hybridized carbons (Fsp3) is 0.333. The lowest BCUT2D eigenvalue weighted by atomic mass is 10.1. The Morgan fingerprint density at radius 2 is 1.95 bits per heavy atom. The minimum absolute atomic E-state index is 0.279. The van der Waals surface area contributed by atoms with Gasteiger partial charge in [-0.2, -0.15) is 0 Å². The molecule has 1 aromatic carbocycles. The summed E-state index contributed by atoms with van der Waals surface area (Å²) >= 11 is 0. The van der Waals surface area contributed by atoms with Gasteiger partial charge in [0.2, 0.25) is 5.91 Å². The number of hydrogen-bond acceptors (Lipinski definition) is 2. The number of allylic oxidation sites excluding steroid dienone is 1. The van der Waals surface area contributed by atoms with E-state index in [9.17, 15) is 9.59 Å². The van der Waals surface area contributed by atoms with Crippen LogP contribution >= 0.6 is 0 Å². The Morgan fingerprint density at radius 1 is 1.32 bits per heavy atom. The molecular weight excluding hydrogens is 242 g/mol. The van der Waals surface area contributed by atoms with Gasteiger partial charge in [0, 0.05) is 12.0 Å². The second-order valence-corrected chi connectivity index (χ2v) is 4.35. The normalized spacial score (nSPS) is 12.8. The first-order chi connectivity index (χ1) is 9.04. The van der Waals surface area contributed by atoms with Crippen molar-refractivity contribution in [3.05, 3.63) is 47.5 Å². The number of benzene rings is 1. The summed E-state index contributed by atoms with van der Waals surface area (Å²) in [6.07, 6.45) is 2.80. The number of carbonyl (C=O) groups is 2. The fourth-order valence-corrected chi connectivity index (χ4v) is 1.72. The van der Waals surface area contributed by atoms with Crippen LogP contribution in [0.3, 0.4) is 0 Å². The van der Waals surface area contributed by atoms with Crippen molar-refractivity contribution < 1.29 is 14.7 Å². The quantitative estimate of drug-likeness (QED) is 0.771. The molecule has 2 N–H and O–H groups in total.